The fourth-order valence-electron chi connectivity index (χ4n) is 2.51. The molecule has 0 fully saturated rings. The minimum Gasteiger partial charge on any atom is -0.350 e. The van der Waals surface area contributed by atoms with Gasteiger partial charge in [0.25, 0.3) is 0 Å². The van der Waals surface area contributed by atoms with Crippen molar-refractivity contribution in [3.05, 3.63) is 59.4 Å². The number of rotatable bonds is 6. The van der Waals surface area contributed by atoms with Crippen LogP contribution in [0.4, 0.5) is 0 Å². The van der Waals surface area contributed by atoms with Gasteiger partial charge in [0.15, 0.2) is 0 Å². The van der Waals surface area contributed by atoms with Crippen LogP contribution < -0.4 is 5.32 Å². The molecule has 0 aliphatic heterocycles. The van der Waals surface area contributed by atoms with Crippen molar-refractivity contribution in [3.8, 4) is 0 Å². The largest absolute Gasteiger partial charge is 0.350 e. The van der Waals surface area contributed by atoms with Gasteiger partial charge in [-0.1, -0.05) is 31.2 Å². The highest BCUT2D eigenvalue weighted by atomic mass is 15.0. The van der Waals surface area contributed by atoms with Gasteiger partial charge in [-0.05, 0) is 43.5 Å². The summed E-state index contributed by atoms with van der Waals surface area (Å²) >= 11 is 0. The topological polar surface area (TPSA) is 17.0 Å². The Labute approximate surface area is 116 Å². The first kappa shape index (κ1) is 13.9. The summed E-state index contributed by atoms with van der Waals surface area (Å²) in [6.45, 7) is 8.64. The molecule has 0 bridgehead atoms. The second kappa shape index (κ2) is 6.58. The van der Waals surface area contributed by atoms with Crippen LogP contribution in [0, 0.1) is 6.92 Å². The molecule has 2 rings (SSSR count). The smallest absolute Gasteiger partial charge is 0.0364 e. The van der Waals surface area contributed by atoms with Gasteiger partial charge in [0.2, 0.25) is 0 Å². The Morgan fingerprint density at radius 3 is 2.68 bits per heavy atom. The summed E-state index contributed by atoms with van der Waals surface area (Å²) in [5.74, 6) is 0. The molecule has 19 heavy (non-hydrogen) atoms. The van der Waals surface area contributed by atoms with Gasteiger partial charge in [-0.3, -0.25) is 0 Å². The van der Waals surface area contributed by atoms with Crippen LogP contribution in [0.1, 0.15) is 43.1 Å². The van der Waals surface area contributed by atoms with E-state index in [0.717, 1.165) is 13.1 Å². The number of aromatic nitrogens is 1. The van der Waals surface area contributed by atoms with Crippen molar-refractivity contribution in [2.45, 2.75) is 46.3 Å². The molecule has 1 aromatic heterocycles. The maximum Gasteiger partial charge on any atom is 0.0364 e. The maximum atomic E-state index is 3.62. The fourth-order valence-corrected chi connectivity index (χ4v) is 2.51. The van der Waals surface area contributed by atoms with Crippen LogP contribution >= 0.6 is 0 Å². The van der Waals surface area contributed by atoms with E-state index in [2.05, 4.69) is 73.3 Å². The Morgan fingerprint density at radius 2 is 1.95 bits per heavy atom. The predicted molar refractivity (Wildman–Crippen MR) is 81.2 cm³/mol. The summed E-state index contributed by atoms with van der Waals surface area (Å²) in [7, 11) is 0. The Kier molecular flexibility index (Phi) is 4.80. The van der Waals surface area contributed by atoms with Crippen LogP contribution in [-0.4, -0.2) is 4.57 Å². The van der Waals surface area contributed by atoms with Gasteiger partial charge in [-0.2, -0.15) is 0 Å². The van der Waals surface area contributed by atoms with Crippen LogP contribution in [0.5, 0.6) is 0 Å². The lowest BCUT2D eigenvalue weighted by Crippen LogP contribution is -2.20. The summed E-state index contributed by atoms with van der Waals surface area (Å²) in [6.07, 6.45) is 3.34. The van der Waals surface area contributed by atoms with Gasteiger partial charge >= 0.3 is 0 Å². The molecular formula is C17H24N2. The van der Waals surface area contributed by atoms with E-state index in [1.165, 1.54) is 23.2 Å². The van der Waals surface area contributed by atoms with E-state index in [0.29, 0.717) is 6.04 Å². The van der Waals surface area contributed by atoms with E-state index < -0.39 is 0 Å². The van der Waals surface area contributed by atoms with E-state index in [-0.39, 0.29) is 0 Å². The summed E-state index contributed by atoms with van der Waals surface area (Å²) < 4.78 is 2.33. The van der Waals surface area contributed by atoms with Crippen molar-refractivity contribution < 1.29 is 0 Å². The number of nitrogens with zero attached hydrogens (tertiary/aromatic N) is 1. The molecule has 0 aliphatic rings. The van der Waals surface area contributed by atoms with Crippen molar-refractivity contribution >= 4 is 0 Å². The molecular weight excluding hydrogens is 232 g/mol. The Bertz CT molecular complexity index is 513. The molecule has 0 saturated carbocycles. The Morgan fingerprint density at radius 1 is 1.16 bits per heavy atom. The molecule has 0 saturated heterocycles. The van der Waals surface area contributed by atoms with Crippen LogP contribution in [0.15, 0.2) is 42.6 Å². The van der Waals surface area contributed by atoms with Crippen molar-refractivity contribution in [1.82, 2.24) is 9.88 Å². The Balaban J connectivity index is 1.98. The molecule has 1 heterocycles. The second-order valence-electron chi connectivity index (χ2n) is 5.15. The molecule has 102 valence electrons. The zero-order valence-electron chi connectivity index (χ0n) is 12.2. The monoisotopic (exact) mass is 256 g/mol. The van der Waals surface area contributed by atoms with Crippen LogP contribution in [0.2, 0.25) is 0 Å². The number of aryl methyl sites for hydroxylation is 2. The molecule has 2 nitrogen and oxygen atoms in total. The van der Waals surface area contributed by atoms with Gasteiger partial charge in [0.1, 0.15) is 0 Å². The van der Waals surface area contributed by atoms with E-state index in [1.807, 2.05) is 0 Å². The molecule has 2 aromatic rings. The standard InChI is InChI=1S/C17H24N2/c1-4-11-19-12-7-9-16(19)13-18-15(3)17-10-6-5-8-14(17)2/h5-10,12,15,18H,4,11,13H2,1-3H3/t15-/m0/s1. The lowest BCUT2D eigenvalue weighted by Gasteiger charge is -2.17. The number of benzene rings is 1. The summed E-state index contributed by atoms with van der Waals surface area (Å²) in [4.78, 5) is 0. The first-order valence-electron chi connectivity index (χ1n) is 7.15. The first-order valence-corrected chi connectivity index (χ1v) is 7.15. The quantitative estimate of drug-likeness (QED) is 0.825. The lowest BCUT2D eigenvalue weighted by atomic mass is 10.0. The average Bonchev–Trinajstić information content (AvgIpc) is 2.84. The molecule has 0 aliphatic carbocycles. The second-order valence-corrected chi connectivity index (χ2v) is 5.15. The molecule has 1 N–H and O–H groups in total. The van der Waals surface area contributed by atoms with E-state index in [4.69, 9.17) is 0 Å². The maximum absolute atomic E-state index is 3.62. The van der Waals surface area contributed by atoms with Gasteiger partial charge < -0.3 is 9.88 Å². The highest BCUT2D eigenvalue weighted by molar-refractivity contribution is 5.28. The van der Waals surface area contributed by atoms with Crippen molar-refractivity contribution in [2.75, 3.05) is 0 Å². The SMILES string of the molecule is CCCn1cccc1CN[C@@H](C)c1ccccc1C. The third kappa shape index (κ3) is 3.48. The molecule has 0 unspecified atom stereocenters. The zero-order chi connectivity index (χ0) is 13.7. The van der Waals surface area contributed by atoms with Gasteiger partial charge in [-0.15, -0.1) is 0 Å². The number of hydrogen-bond acceptors (Lipinski definition) is 1. The van der Waals surface area contributed by atoms with Gasteiger partial charge in [0, 0.05) is 31.0 Å². The first-order chi connectivity index (χ1) is 9.22. The van der Waals surface area contributed by atoms with E-state index in [9.17, 15) is 0 Å². The van der Waals surface area contributed by atoms with Gasteiger partial charge in [0.05, 0.1) is 0 Å². The van der Waals surface area contributed by atoms with E-state index >= 15 is 0 Å². The van der Waals surface area contributed by atoms with E-state index in [1.54, 1.807) is 0 Å². The highest BCUT2D eigenvalue weighted by Gasteiger charge is 2.08. The molecule has 1 aromatic carbocycles. The number of hydrogen-bond donors (Lipinski definition) is 1. The number of nitrogens with one attached hydrogen (secondary N) is 1. The van der Waals surface area contributed by atoms with Crippen LogP contribution in [0.25, 0.3) is 0 Å². The minimum atomic E-state index is 0.381. The predicted octanol–water partition coefficient (Wildman–Crippen LogP) is 4.06. The summed E-state index contributed by atoms with van der Waals surface area (Å²) in [5.41, 5.74) is 4.10. The normalized spacial score (nSPS) is 12.6. The molecule has 0 spiro atoms. The van der Waals surface area contributed by atoms with Crippen molar-refractivity contribution in [1.29, 1.82) is 0 Å². The molecule has 2 heteroatoms. The minimum absolute atomic E-state index is 0.381. The molecule has 0 radical (unpaired) electrons. The van der Waals surface area contributed by atoms with Crippen molar-refractivity contribution in [2.24, 2.45) is 0 Å². The third-order valence-electron chi connectivity index (χ3n) is 3.63. The van der Waals surface area contributed by atoms with Gasteiger partial charge in [-0.25, -0.2) is 0 Å². The van der Waals surface area contributed by atoms with Crippen LogP contribution in [-0.2, 0) is 13.1 Å². The van der Waals surface area contributed by atoms with Crippen molar-refractivity contribution in [3.63, 3.8) is 0 Å². The zero-order valence-corrected chi connectivity index (χ0v) is 12.2. The van der Waals surface area contributed by atoms with Crippen LogP contribution in [0.3, 0.4) is 0 Å². The fraction of sp³-hybridized carbons (Fsp3) is 0.412. The average molecular weight is 256 g/mol. The summed E-state index contributed by atoms with van der Waals surface area (Å²) in [5, 5.41) is 3.62. The lowest BCUT2D eigenvalue weighted by molar-refractivity contribution is 0.540. The highest BCUT2D eigenvalue weighted by Crippen LogP contribution is 2.17. The third-order valence-corrected chi connectivity index (χ3v) is 3.63. The summed E-state index contributed by atoms with van der Waals surface area (Å²) in [6, 6.07) is 13.3. The molecule has 0 amide bonds. The molecule has 1 atom stereocenters. The Hall–Kier alpha value is -1.54.